The minimum atomic E-state index is 0.198. The fraction of sp³-hybridized carbons (Fsp3) is 0.227. The monoisotopic (exact) mass is 407 g/mol. The normalized spacial score (nSPS) is 11.3. The molecule has 6 nitrogen and oxygen atoms in total. The summed E-state index contributed by atoms with van der Waals surface area (Å²) in [6.45, 7) is 7.28. The van der Waals surface area contributed by atoms with E-state index in [0.717, 1.165) is 36.5 Å². The number of hydrogen-bond donors (Lipinski definition) is 0. The summed E-state index contributed by atoms with van der Waals surface area (Å²) < 4.78 is 7.60. The van der Waals surface area contributed by atoms with Gasteiger partial charge in [0.15, 0.2) is 5.65 Å². The van der Waals surface area contributed by atoms with E-state index in [1.54, 1.807) is 12.1 Å². The summed E-state index contributed by atoms with van der Waals surface area (Å²) in [7, 11) is 0. The molecule has 4 rings (SSSR count). The summed E-state index contributed by atoms with van der Waals surface area (Å²) in [5, 5.41) is 12.4. The Morgan fingerprint density at radius 3 is 2.52 bits per heavy atom. The first kappa shape index (κ1) is 19.4. The van der Waals surface area contributed by atoms with E-state index in [0.29, 0.717) is 11.5 Å². The quantitative estimate of drug-likeness (QED) is 0.427. The molecule has 0 amide bonds. The second-order valence-electron chi connectivity index (χ2n) is 6.67. The maximum atomic E-state index is 6.15. The van der Waals surface area contributed by atoms with Crippen molar-refractivity contribution >= 4 is 17.2 Å². The highest BCUT2D eigenvalue weighted by Crippen LogP contribution is 2.34. The summed E-state index contributed by atoms with van der Waals surface area (Å²) in [6, 6.07) is 20.0. The number of aromatic nitrogens is 4. The third-order valence-electron chi connectivity index (χ3n) is 4.84. The van der Waals surface area contributed by atoms with Crippen LogP contribution in [-0.4, -0.2) is 37.8 Å². The van der Waals surface area contributed by atoms with Gasteiger partial charge in [-0.2, -0.15) is 4.52 Å². The zero-order valence-corrected chi connectivity index (χ0v) is 17.2. The Kier molecular flexibility index (Phi) is 5.74. The van der Waals surface area contributed by atoms with Crippen molar-refractivity contribution < 1.29 is 4.74 Å². The van der Waals surface area contributed by atoms with Crippen LogP contribution in [0.4, 0.5) is 0 Å². The Morgan fingerprint density at radius 1 is 0.966 bits per heavy atom. The van der Waals surface area contributed by atoms with Crippen LogP contribution in [0, 0.1) is 0 Å². The van der Waals surface area contributed by atoms with Crippen molar-refractivity contribution in [2.75, 3.05) is 13.1 Å². The second-order valence-corrected chi connectivity index (χ2v) is 7.01. The van der Waals surface area contributed by atoms with E-state index in [1.165, 1.54) is 10.1 Å². The van der Waals surface area contributed by atoms with Crippen LogP contribution in [0.3, 0.4) is 0 Å². The van der Waals surface area contributed by atoms with Gasteiger partial charge in [-0.25, -0.2) is 0 Å². The van der Waals surface area contributed by atoms with Crippen LogP contribution in [0.25, 0.3) is 16.8 Å². The van der Waals surface area contributed by atoms with E-state index in [4.69, 9.17) is 16.3 Å². The van der Waals surface area contributed by atoms with Crippen LogP contribution in [0.15, 0.2) is 60.7 Å². The third-order valence-corrected chi connectivity index (χ3v) is 5.08. The summed E-state index contributed by atoms with van der Waals surface area (Å²) in [4.78, 5) is 2.38. The van der Waals surface area contributed by atoms with Crippen LogP contribution in [0.2, 0.25) is 5.28 Å². The molecule has 4 aromatic rings. The molecule has 0 aliphatic heterocycles. The minimum absolute atomic E-state index is 0.198. The van der Waals surface area contributed by atoms with E-state index in [2.05, 4.69) is 58.3 Å². The number of fused-ring (bicyclic) bond motifs is 1. The highest BCUT2D eigenvalue weighted by molar-refractivity contribution is 6.28. The first-order chi connectivity index (χ1) is 14.2. The molecule has 0 N–H and O–H groups in total. The zero-order valence-electron chi connectivity index (χ0n) is 16.4. The third kappa shape index (κ3) is 4.23. The molecule has 0 aliphatic carbocycles. The smallest absolute Gasteiger partial charge is 0.246 e. The summed E-state index contributed by atoms with van der Waals surface area (Å²) in [5.41, 5.74) is 3.92. The molecule has 148 valence electrons. The lowest BCUT2D eigenvalue weighted by atomic mass is 10.0. The van der Waals surface area contributed by atoms with Gasteiger partial charge in [0, 0.05) is 18.2 Å². The van der Waals surface area contributed by atoms with Crippen molar-refractivity contribution in [2.24, 2.45) is 0 Å². The average Bonchev–Trinajstić information content (AvgIpc) is 3.13. The van der Waals surface area contributed by atoms with Gasteiger partial charge in [-0.1, -0.05) is 50.2 Å². The molecule has 0 atom stereocenters. The molecule has 0 unspecified atom stereocenters. The maximum Gasteiger partial charge on any atom is 0.246 e. The van der Waals surface area contributed by atoms with Gasteiger partial charge < -0.3 is 4.74 Å². The zero-order chi connectivity index (χ0) is 20.2. The van der Waals surface area contributed by atoms with Gasteiger partial charge in [-0.15, -0.1) is 15.3 Å². The van der Waals surface area contributed by atoms with Crippen molar-refractivity contribution in [3.8, 4) is 22.8 Å². The van der Waals surface area contributed by atoms with Gasteiger partial charge >= 0.3 is 0 Å². The van der Waals surface area contributed by atoms with Gasteiger partial charge in [0.05, 0.1) is 0 Å². The Hall–Kier alpha value is -2.96. The van der Waals surface area contributed by atoms with Crippen LogP contribution >= 0.6 is 11.6 Å². The minimum Gasteiger partial charge on any atom is -0.437 e. The predicted molar refractivity (Wildman–Crippen MR) is 114 cm³/mol. The average molecular weight is 408 g/mol. The molecular weight excluding hydrogens is 386 g/mol. The number of halogens is 1. The molecule has 0 spiro atoms. The van der Waals surface area contributed by atoms with E-state index < -0.39 is 0 Å². The summed E-state index contributed by atoms with van der Waals surface area (Å²) >= 11 is 6.04. The van der Waals surface area contributed by atoms with E-state index in [-0.39, 0.29) is 5.28 Å². The predicted octanol–water partition coefficient (Wildman–Crippen LogP) is 5.08. The lowest BCUT2D eigenvalue weighted by Crippen LogP contribution is -2.22. The fourth-order valence-corrected chi connectivity index (χ4v) is 3.39. The van der Waals surface area contributed by atoms with E-state index in [1.807, 2.05) is 24.3 Å². The first-order valence-electron chi connectivity index (χ1n) is 9.64. The Morgan fingerprint density at radius 2 is 1.76 bits per heavy atom. The van der Waals surface area contributed by atoms with Crippen LogP contribution in [0.5, 0.6) is 11.6 Å². The van der Waals surface area contributed by atoms with Crippen LogP contribution < -0.4 is 4.74 Å². The SMILES string of the molecule is CCN(CC)Cc1ccc(Oc2ccc3nnc(Cl)n3n2)c(-c2ccccc2)c1. The van der Waals surface area contributed by atoms with E-state index >= 15 is 0 Å². The van der Waals surface area contributed by atoms with Crippen LogP contribution in [-0.2, 0) is 6.54 Å². The number of rotatable bonds is 7. The van der Waals surface area contributed by atoms with E-state index in [9.17, 15) is 0 Å². The van der Waals surface area contributed by atoms with Crippen molar-refractivity contribution in [3.05, 3.63) is 71.5 Å². The molecule has 7 heteroatoms. The van der Waals surface area contributed by atoms with Gasteiger partial charge in [-0.3, -0.25) is 4.90 Å². The number of nitrogens with zero attached hydrogens (tertiary/aromatic N) is 5. The molecule has 0 aliphatic rings. The summed E-state index contributed by atoms with van der Waals surface area (Å²) in [6.07, 6.45) is 0. The topological polar surface area (TPSA) is 55.5 Å². The standard InChI is InChI=1S/C22H22ClN5O/c1-3-27(4-2)15-16-10-11-19(18(14-16)17-8-6-5-7-9-17)29-21-13-12-20-24-25-22(23)28(20)26-21/h5-14H,3-4,15H2,1-2H3. The molecule has 0 bridgehead atoms. The highest BCUT2D eigenvalue weighted by Gasteiger charge is 2.12. The Labute approximate surface area is 174 Å². The van der Waals surface area contributed by atoms with Crippen LogP contribution in [0.1, 0.15) is 19.4 Å². The Balaban J connectivity index is 1.71. The molecule has 2 aromatic carbocycles. The molecule has 0 radical (unpaired) electrons. The lowest BCUT2D eigenvalue weighted by molar-refractivity contribution is 0.296. The van der Waals surface area contributed by atoms with Crippen molar-refractivity contribution in [2.45, 2.75) is 20.4 Å². The molecule has 2 aromatic heterocycles. The molecular formula is C22H22ClN5O. The van der Waals surface area contributed by atoms with Crippen molar-refractivity contribution in [3.63, 3.8) is 0 Å². The molecule has 0 saturated heterocycles. The number of ether oxygens (including phenoxy) is 1. The van der Waals surface area contributed by atoms with Crippen molar-refractivity contribution in [1.29, 1.82) is 0 Å². The number of benzene rings is 2. The first-order valence-corrected chi connectivity index (χ1v) is 10.0. The summed E-state index contributed by atoms with van der Waals surface area (Å²) in [5.74, 6) is 1.16. The van der Waals surface area contributed by atoms with Gasteiger partial charge in [0.2, 0.25) is 11.2 Å². The fourth-order valence-electron chi connectivity index (χ4n) is 3.23. The molecule has 29 heavy (non-hydrogen) atoms. The number of hydrogen-bond acceptors (Lipinski definition) is 5. The molecule has 0 saturated carbocycles. The second kappa shape index (κ2) is 8.59. The van der Waals surface area contributed by atoms with Gasteiger partial charge in [-0.05, 0) is 54.0 Å². The maximum absolute atomic E-state index is 6.15. The lowest BCUT2D eigenvalue weighted by Gasteiger charge is -2.19. The van der Waals surface area contributed by atoms with Gasteiger partial charge in [0.25, 0.3) is 0 Å². The molecule has 0 fully saturated rings. The Bertz CT molecular complexity index is 1110. The largest absolute Gasteiger partial charge is 0.437 e. The molecule has 2 heterocycles. The highest BCUT2D eigenvalue weighted by atomic mass is 35.5. The van der Waals surface area contributed by atoms with Gasteiger partial charge in [0.1, 0.15) is 5.75 Å². The van der Waals surface area contributed by atoms with Crippen molar-refractivity contribution in [1.82, 2.24) is 24.7 Å².